The SMILES string of the molecule is O=[N+]([O-])c1ccccc1Oc1nc(Cl)cs1. The molecule has 5 nitrogen and oxygen atoms in total. The first-order valence-corrected chi connectivity index (χ1v) is 5.45. The van der Waals surface area contributed by atoms with Crippen molar-refractivity contribution in [3.8, 4) is 10.9 Å². The fraction of sp³-hybridized carbons (Fsp3) is 0. The van der Waals surface area contributed by atoms with Crippen molar-refractivity contribution in [1.29, 1.82) is 0 Å². The Morgan fingerprint density at radius 2 is 2.19 bits per heavy atom. The number of hydrogen-bond acceptors (Lipinski definition) is 5. The molecule has 1 aromatic carbocycles. The van der Waals surface area contributed by atoms with E-state index in [1.165, 1.54) is 23.5 Å². The van der Waals surface area contributed by atoms with Crippen LogP contribution in [0.4, 0.5) is 5.69 Å². The quantitative estimate of drug-likeness (QED) is 0.623. The van der Waals surface area contributed by atoms with Gasteiger partial charge in [-0.25, -0.2) is 0 Å². The molecule has 0 atom stereocenters. The van der Waals surface area contributed by atoms with Crippen molar-refractivity contribution in [2.45, 2.75) is 0 Å². The summed E-state index contributed by atoms with van der Waals surface area (Å²) in [6.07, 6.45) is 0. The fourth-order valence-corrected chi connectivity index (χ4v) is 1.87. The van der Waals surface area contributed by atoms with Crippen LogP contribution in [-0.2, 0) is 0 Å². The van der Waals surface area contributed by atoms with E-state index in [9.17, 15) is 10.1 Å². The Balaban J connectivity index is 2.31. The molecular formula is C9H5ClN2O3S. The summed E-state index contributed by atoms with van der Waals surface area (Å²) >= 11 is 6.79. The van der Waals surface area contributed by atoms with Crippen LogP contribution in [0.15, 0.2) is 29.6 Å². The molecule has 2 aromatic rings. The lowest BCUT2D eigenvalue weighted by Crippen LogP contribution is -1.92. The minimum Gasteiger partial charge on any atom is -0.423 e. The number of halogens is 1. The van der Waals surface area contributed by atoms with Crippen molar-refractivity contribution in [1.82, 2.24) is 4.98 Å². The molecule has 0 N–H and O–H groups in total. The van der Waals surface area contributed by atoms with E-state index in [-0.39, 0.29) is 16.6 Å². The lowest BCUT2D eigenvalue weighted by Gasteiger charge is -2.01. The van der Waals surface area contributed by atoms with E-state index >= 15 is 0 Å². The van der Waals surface area contributed by atoms with Crippen LogP contribution in [-0.4, -0.2) is 9.91 Å². The molecule has 1 heterocycles. The summed E-state index contributed by atoms with van der Waals surface area (Å²) in [6.45, 7) is 0. The number of aromatic nitrogens is 1. The number of para-hydroxylation sites is 2. The number of nitrogens with zero attached hydrogens (tertiary/aromatic N) is 2. The predicted octanol–water partition coefficient (Wildman–Crippen LogP) is 3.50. The van der Waals surface area contributed by atoms with Gasteiger partial charge in [-0.1, -0.05) is 35.1 Å². The maximum atomic E-state index is 10.7. The number of thiazole rings is 1. The van der Waals surface area contributed by atoms with E-state index in [1.807, 2.05) is 0 Å². The zero-order valence-corrected chi connectivity index (χ0v) is 9.36. The second-order valence-corrected chi connectivity index (χ2v) is 3.97. The number of nitro groups is 1. The molecule has 0 radical (unpaired) electrons. The largest absolute Gasteiger partial charge is 0.423 e. The van der Waals surface area contributed by atoms with Gasteiger partial charge in [-0.2, -0.15) is 4.98 Å². The Labute approximate surface area is 99.4 Å². The van der Waals surface area contributed by atoms with Crippen molar-refractivity contribution in [2.75, 3.05) is 0 Å². The molecule has 0 amide bonds. The van der Waals surface area contributed by atoms with Crippen molar-refractivity contribution in [2.24, 2.45) is 0 Å². The zero-order chi connectivity index (χ0) is 11.5. The molecule has 0 spiro atoms. The molecule has 2 rings (SSSR count). The van der Waals surface area contributed by atoms with Crippen LogP contribution in [0.1, 0.15) is 0 Å². The Bertz CT molecular complexity index is 529. The van der Waals surface area contributed by atoms with Gasteiger partial charge in [0.2, 0.25) is 5.75 Å². The average Bonchev–Trinajstić information content (AvgIpc) is 2.64. The summed E-state index contributed by atoms with van der Waals surface area (Å²) < 4.78 is 5.27. The molecule has 82 valence electrons. The molecule has 16 heavy (non-hydrogen) atoms. The molecule has 0 saturated carbocycles. The van der Waals surface area contributed by atoms with E-state index in [4.69, 9.17) is 16.3 Å². The third-order valence-electron chi connectivity index (χ3n) is 1.71. The van der Waals surface area contributed by atoms with Crippen molar-refractivity contribution < 1.29 is 9.66 Å². The first-order valence-electron chi connectivity index (χ1n) is 4.19. The normalized spacial score (nSPS) is 10.1. The van der Waals surface area contributed by atoms with Gasteiger partial charge in [-0.15, -0.1) is 0 Å². The summed E-state index contributed by atoms with van der Waals surface area (Å²) in [5.74, 6) is 0.151. The predicted molar refractivity (Wildman–Crippen MR) is 60.3 cm³/mol. The fourth-order valence-electron chi connectivity index (χ4n) is 1.07. The van der Waals surface area contributed by atoms with Crippen LogP contribution in [0.25, 0.3) is 0 Å². The molecule has 0 fully saturated rings. The third-order valence-corrected chi connectivity index (χ3v) is 2.75. The van der Waals surface area contributed by atoms with Crippen LogP contribution in [0.3, 0.4) is 0 Å². The minimum atomic E-state index is -0.509. The average molecular weight is 257 g/mol. The summed E-state index contributed by atoms with van der Waals surface area (Å²) in [6, 6.07) is 6.09. The molecular weight excluding hydrogens is 252 g/mol. The highest BCUT2D eigenvalue weighted by molar-refractivity contribution is 7.11. The van der Waals surface area contributed by atoms with E-state index in [2.05, 4.69) is 4.98 Å². The van der Waals surface area contributed by atoms with Gasteiger partial charge in [-0.3, -0.25) is 10.1 Å². The van der Waals surface area contributed by atoms with E-state index in [1.54, 1.807) is 17.5 Å². The van der Waals surface area contributed by atoms with Crippen LogP contribution in [0, 0.1) is 10.1 Å². The third kappa shape index (κ3) is 2.29. The Kier molecular flexibility index (Phi) is 3.02. The Morgan fingerprint density at radius 1 is 1.44 bits per heavy atom. The Hall–Kier alpha value is -1.66. The van der Waals surface area contributed by atoms with Gasteiger partial charge in [0.25, 0.3) is 5.19 Å². The monoisotopic (exact) mass is 256 g/mol. The lowest BCUT2D eigenvalue weighted by molar-refractivity contribution is -0.385. The van der Waals surface area contributed by atoms with Crippen LogP contribution < -0.4 is 4.74 Å². The van der Waals surface area contributed by atoms with Crippen molar-refractivity contribution in [3.05, 3.63) is 44.9 Å². The highest BCUT2D eigenvalue weighted by Crippen LogP contribution is 2.32. The van der Waals surface area contributed by atoms with Crippen molar-refractivity contribution >= 4 is 28.6 Å². The van der Waals surface area contributed by atoms with Crippen LogP contribution >= 0.6 is 22.9 Å². The summed E-state index contributed by atoms with van der Waals surface area (Å²) in [5, 5.41) is 12.9. The van der Waals surface area contributed by atoms with Gasteiger partial charge >= 0.3 is 5.69 Å². The second-order valence-electron chi connectivity index (χ2n) is 2.76. The van der Waals surface area contributed by atoms with Crippen LogP contribution in [0.2, 0.25) is 5.15 Å². The molecule has 0 aliphatic rings. The van der Waals surface area contributed by atoms with Gasteiger partial charge < -0.3 is 4.74 Å². The number of ether oxygens (including phenoxy) is 1. The summed E-state index contributed by atoms with van der Waals surface area (Å²) in [7, 11) is 0. The number of rotatable bonds is 3. The van der Waals surface area contributed by atoms with Crippen molar-refractivity contribution in [3.63, 3.8) is 0 Å². The van der Waals surface area contributed by atoms with E-state index < -0.39 is 4.92 Å². The maximum Gasteiger partial charge on any atom is 0.311 e. The number of benzene rings is 1. The zero-order valence-electron chi connectivity index (χ0n) is 7.79. The maximum absolute atomic E-state index is 10.7. The molecule has 7 heteroatoms. The first kappa shape index (κ1) is 10.8. The van der Waals surface area contributed by atoms with Gasteiger partial charge in [0, 0.05) is 11.4 Å². The standard InChI is InChI=1S/C9H5ClN2O3S/c10-8-5-16-9(11-8)15-7-4-2-1-3-6(7)12(13)14/h1-5H. The minimum absolute atomic E-state index is 0.103. The molecule has 0 unspecified atom stereocenters. The van der Waals surface area contributed by atoms with Gasteiger partial charge in [-0.05, 0) is 6.07 Å². The summed E-state index contributed by atoms with van der Waals surface area (Å²) in [4.78, 5) is 14.0. The van der Waals surface area contributed by atoms with E-state index in [0.717, 1.165) is 0 Å². The number of nitro benzene ring substituents is 1. The lowest BCUT2D eigenvalue weighted by atomic mass is 10.3. The topological polar surface area (TPSA) is 65.3 Å². The molecule has 1 aromatic heterocycles. The van der Waals surface area contributed by atoms with Gasteiger partial charge in [0.1, 0.15) is 5.15 Å². The first-order chi connectivity index (χ1) is 7.66. The smallest absolute Gasteiger partial charge is 0.311 e. The Morgan fingerprint density at radius 3 is 2.81 bits per heavy atom. The molecule has 0 aliphatic carbocycles. The summed E-state index contributed by atoms with van der Waals surface area (Å²) in [5.41, 5.74) is -0.103. The van der Waals surface area contributed by atoms with Gasteiger partial charge in [0.05, 0.1) is 4.92 Å². The van der Waals surface area contributed by atoms with E-state index in [0.29, 0.717) is 5.15 Å². The highest BCUT2D eigenvalue weighted by atomic mass is 35.5. The highest BCUT2D eigenvalue weighted by Gasteiger charge is 2.15. The number of hydrogen-bond donors (Lipinski definition) is 0. The van der Waals surface area contributed by atoms with Crippen LogP contribution in [0.5, 0.6) is 10.9 Å². The molecule has 0 saturated heterocycles. The molecule has 0 aliphatic heterocycles. The molecule has 0 bridgehead atoms. The van der Waals surface area contributed by atoms with Gasteiger partial charge in [0.15, 0.2) is 0 Å². The second kappa shape index (κ2) is 4.46.